The summed E-state index contributed by atoms with van der Waals surface area (Å²) in [5.74, 6) is 0.688. The molecular formula is C9H15NO2. The molecule has 1 rings (SSSR count). The van der Waals surface area contributed by atoms with Gasteiger partial charge >= 0.3 is 0 Å². The van der Waals surface area contributed by atoms with Crippen LogP contribution in [0.5, 0.6) is 0 Å². The molecule has 1 aliphatic heterocycles. The first-order valence-corrected chi connectivity index (χ1v) is 4.41. The minimum Gasteiger partial charge on any atom is -0.490 e. The molecule has 0 saturated carbocycles. The molecule has 0 radical (unpaired) electrons. The summed E-state index contributed by atoms with van der Waals surface area (Å²) < 4.78 is 5.13. The van der Waals surface area contributed by atoms with Crippen LogP contribution in [-0.2, 0) is 9.53 Å². The van der Waals surface area contributed by atoms with Crippen molar-refractivity contribution in [2.24, 2.45) is 5.73 Å². The number of ketones is 1. The summed E-state index contributed by atoms with van der Waals surface area (Å²) in [6, 6.07) is 0. The van der Waals surface area contributed by atoms with Gasteiger partial charge in [0.1, 0.15) is 0 Å². The van der Waals surface area contributed by atoms with Crippen LogP contribution >= 0.6 is 0 Å². The van der Waals surface area contributed by atoms with E-state index in [1.807, 2.05) is 6.08 Å². The normalized spacial score (nSPS) is 15.6. The summed E-state index contributed by atoms with van der Waals surface area (Å²) in [6.07, 6.45) is 5.10. The summed E-state index contributed by atoms with van der Waals surface area (Å²) in [7, 11) is 0. The van der Waals surface area contributed by atoms with Crippen molar-refractivity contribution < 1.29 is 9.53 Å². The van der Waals surface area contributed by atoms with E-state index in [4.69, 9.17) is 10.5 Å². The third-order valence-corrected chi connectivity index (χ3v) is 1.84. The van der Waals surface area contributed by atoms with E-state index in [1.54, 1.807) is 0 Å². The number of carbonyl (C=O) groups is 1. The Morgan fingerprint density at radius 1 is 1.58 bits per heavy atom. The van der Waals surface area contributed by atoms with Crippen LogP contribution in [0.3, 0.4) is 0 Å². The molecule has 1 aliphatic rings. The Morgan fingerprint density at radius 3 is 3.00 bits per heavy atom. The lowest BCUT2D eigenvalue weighted by Crippen LogP contribution is -2.05. The first-order chi connectivity index (χ1) is 5.84. The van der Waals surface area contributed by atoms with Gasteiger partial charge in [-0.1, -0.05) is 0 Å². The van der Waals surface area contributed by atoms with Crippen LogP contribution in [0.25, 0.3) is 0 Å². The molecule has 68 valence electrons. The fraction of sp³-hybridized carbons (Fsp3) is 0.667. The van der Waals surface area contributed by atoms with E-state index in [9.17, 15) is 4.79 Å². The Morgan fingerprint density at radius 2 is 2.42 bits per heavy atom. The maximum absolute atomic E-state index is 11.3. The molecule has 0 spiro atoms. The van der Waals surface area contributed by atoms with Crippen molar-refractivity contribution >= 4 is 5.78 Å². The molecule has 0 atom stereocenters. The second kappa shape index (κ2) is 4.93. The number of Topliss-reactive ketones (excluding diaryl/α,β-unsaturated/α-hetero) is 1. The molecule has 0 aromatic heterocycles. The topological polar surface area (TPSA) is 52.3 Å². The number of nitrogens with two attached hydrogens (primary N) is 1. The molecule has 0 bridgehead atoms. The SMILES string of the molecule is NCCCCC(=O)C1=CCCO1. The molecule has 2 N–H and O–H groups in total. The highest BCUT2D eigenvalue weighted by Crippen LogP contribution is 2.12. The van der Waals surface area contributed by atoms with Gasteiger partial charge in [0.25, 0.3) is 0 Å². The number of allylic oxidation sites excluding steroid dienone is 1. The van der Waals surface area contributed by atoms with Gasteiger partial charge in [-0.25, -0.2) is 0 Å². The van der Waals surface area contributed by atoms with Crippen LogP contribution in [0, 0.1) is 0 Å². The molecule has 3 nitrogen and oxygen atoms in total. The summed E-state index contributed by atoms with van der Waals surface area (Å²) in [4.78, 5) is 11.3. The largest absolute Gasteiger partial charge is 0.490 e. The maximum Gasteiger partial charge on any atom is 0.197 e. The zero-order chi connectivity index (χ0) is 8.81. The molecule has 0 unspecified atom stereocenters. The van der Waals surface area contributed by atoms with Crippen LogP contribution in [0.1, 0.15) is 25.7 Å². The summed E-state index contributed by atoms with van der Waals surface area (Å²) in [5, 5.41) is 0. The highest BCUT2D eigenvalue weighted by molar-refractivity contribution is 5.93. The fourth-order valence-electron chi connectivity index (χ4n) is 1.17. The van der Waals surface area contributed by atoms with Crippen molar-refractivity contribution in [2.75, 3.05) is 13.2 Å². The van der Waals surface area contributed by atoms with E-state index < -0.39 is 0 Å². The Bertz CT molecular complexity index is 187. The Balaban J connectivity index is 2.19. The minimum absolute atomic E-state index is 0.126. The number of rotatable bonds is 5. The van der Waals surface area contributed by atoms with Gasteiger partial charge in [0, 0.05) is 12.8 Å². The van der Waals surface area contributed by atoms with Gasteiger partial charge < -0.3 is 10.5 Å². The average Bonchev–Trinajstić information content (AvgIpc) is 2.56. The van der Waals surface area contributed by atoms with Gasteiger partial charge in [-0.2, -0.15) is 0 Å². The van der Waals surface area contributed by atoms with Gasteiger partial charge in [0.15, 0.2) is 11.5 Å². The third kappa shape index (κ3) is 2.66. The lowest BCUT2D eigenvalue weighted by Gasteiger charge is -2.01. The maximum atomic E-state index is 11.3. The second-order valence-corrected chi connectivity index (χ2v) is 2.87. The summed E-state index contributed by atoms with van der Waals surface area (Å²) >= 11 is 0. The lowest BCUT2D eigenvalue weighted by molar-refractivity contribution is -0.118. The number of ether oxygens (including phenoxy) is 1. The van der Waals surface area contributed by atoms with Crippen molar-refractivity contribution in [3.05, 3.63) is 11.8 Å². The van der Waals surface area contributed by atoms with Gasteiger partial charge in [0.2, 0.25) is 0 Å². The fourth-order valence-corrected chi connectivity index (χ4v) is 1.17. The molecule has 0 aromatic carbocycles. The zero-order valence-corrected chi connectivity index (χ0v) is 7.21. The Hall–Kier alpha value is -0.830. The molecule has 0 aliphatic carbocycles. The standard InChI is InChI=1S/C9H15NO2/c10-6-2-1-4-8(11)9-5-3-7-12-9/h5H,1-4,6-7,10H2. The number of hydrogen-bond acceptors (Lipinski definition) is 3. The van der Waals surface area contributed by atoms with E-state index in [1.165, 1.54) is 0 Å². The van der Waals surface area contributed by atoms with Crippen LogP contribution in [0.15, 0.2) is 11.8 Å². The van der Waals surface area contributed by atoms with Gasteiger partial charge in [-0.3, -0.25) is 4.79 Å². The Kier molecular flexibility index (Phi) is 3.80. The van der Waals surface area contributed by atoms with Crippen LogP contribution in [0.2, 0.25) is 0 Å². The van der Waals surface area contributed by atoms with Gasteiger partial charge in [-0.15, -0.1) is 0 Å². The molecule has 0 aromatic rings. The highest BCUT2D eigenvalue weighted by Gasteiger charge is 2.13. The molecule has 3 heteroatoms. The van der Waals surface area contributed by atoms with Gasteiger partial charge in [0.05, 0.1) is 6.61 Å². The van der Waals surface area contributed by atoms with E-state index in [0.29, 0.717) is 25.3 Å². The monoisotopic (exact) mass is 169 g/mol. The van der Waals surface area contributed by atoms with Gasteiger partial charge in [-0.05, 0) is 25.5 Å². The highest BCUT2D eigenvalue weighted by atomic mass is 16.5. The lowest BCUT2D eigenvalue weighted by atomic mass is 10.1. The summed E-state index contributed by atoms with van der Waals surface area (Å²) in [6.45, 7) is 1.32. The average molecular weight is 169 g/mol. The predicted molar refractivity (Wildman–Crippen MR) is 46.6 cm³/mol. The molecule has 0 saturated heterocycles. The van der Waals surface area contributed by atoms with E-state index in [0.717, 1.165) is 19.3 Å². The smallest absolute Gasteiger partial charge is 0.197 e. The number of unbranched alkanes of at least 4 members (excludes halogenated alkanes) is 1. The molecule has 12 heavy (non-hydrogen) atoms. The van der Waals surface area contributed by atoms with Crippen molar-refractivity contribution in [1.82, 2.24) is 0 Å². The quantitative estimate of drug-likeness (QED) is 0.624. The summed E-state index contributed by atoms with van der Waals surface area (Å²) in [5.41, 5.74) is 5.31. The van der Waals surface area contributed by atoms with Crippen LogP contribution < -0.4 is 5.73 Å². The number of hydrogen-bond donors (Lipinski definition) is 1. The van der Waals surface area contributed by atoms with Crippen molar-refractivity contribution in [3.63, 3.8) is 0 Å². The predicted octanol–water partition coefficient (Wildman–Crippen LogP) is 0.989. The molecule has 0 fully saturated rings. The van der Waals surface area contributed by atoms with Crippen molar-refractivity contribution in [1.29, 1.82) is 0 Å². The van der Waals surface area contributed by atoms with E-state index in [2.05, 4.69) is 0 Å². The molecular weight excluding hydrogens is 154 g/mol. The van der Waals surface area contributed by atoms with Crippen LogP contribution in [-0.4, -0.2) is 18.9 Å². The van der Waals surface area contributed by atoms with Crippen molar-refractivity contribution in [2.45, 2.75) is 25.7 Å². The molecule has 1 heterocycles. The second-order valence-electron chi connectivity index (χ2n) is 2.87. The number of carbonyl (C=O) groups excluding carboxylic acids is 1. The van der Waals surface area contributed by atoms with Crippen LogP contribution in [0.4, 0.5) is 0 Å². The zero-order valence-electron chi connectivity index (χ0n) is 7.21. The first kappa shape index (κ1) is 9.26. The van der Waals surface area contributed by atoms with E-state index in [-0.39, 0.29) is 5.78 Å². The minimum atomic E-state index is 0.126. The van der Waals surface area contributed by atoms with E-state index >= 15 is 0 Å². The Labute approximate surface area is 72.6 Å². The first-order valence-electron chi connectivity index (χ1n) is 4.41. The molecule has 0 amide bonds. The third-order valence-electron chi connectivity index (χ3n) is 1.84. The van der Waals surface area contributed by atoms with Crippen molar-refractivity contribution in [3.8, 4) is 0 Å².